The molecule has 0 aromatic rings. The molecule has 1 fully saturated rings. The molecule has 0 amide bonds. The fourth-order valence-electron chi connectivity index (χ4n) is 2.12. The largest absolute Gasteiger partial charge is 0.198 e. The first-order chi connectivity index (χ1) is 6.54. The predicted octanol–water partition coefficient (Wildman–Crippen LogP) is 3.85. The second-order valence-electron chi connectivity index (χ2n) is 5.30. The van der Waals surface area contributed by atoms with Gasteiger partial charge in [0.05, 0.1) is 11.5 Å². The molecule has 1 aliphatic rings. The van der Waals surface area contributed by atoms with Gasteiger partial charge in [-0.3, -0.25) is 0 Å². The summed E-state index contributed by atoms with van der Waals surface area (Å²) in [5.74, 6) is 1.13. The lowest BCUT2D eigenvalue weighted by Crippen LogP contribution is -2.30. The quantitative estimate of drug-likeness (QED) is 0.708. The summed E-state index contributed by atoms with van der Waals surface area (Å²) in [6.45, 7) is 4.64. The molecule has 0 unspecified atom stereocenters. The van der Waals surface area contributed by atoms with Crippen molar-refractivity contribution >= 4 is 11.8 Å². The van der Waals surface area contributed by atoms with E-state index in [4.69, 9.17) is 0 Å². The zero-order valence-electron chi connectivity index (χ0n) is 9.60. The number of nitrogens with zero attached hydrogens (tertiary/aromatic N) is 1. The van der Waals surface area contributed by atoms with Gasteiger partial charge in [0.1, 0.15) is 0 Å². The maximum absolute atomic E-state index is 9.28. The van der Waals surface area contributed by atoms with E-state index in [9.17, 15) is 5.26 Å². The van der Waals surface area contributed by atoms with Crippen LogP contribution in [-0.4, -0.2) is 12.0 Å². The molecule has 0 aliphatic heterocycles. The third kappa shape index (κ3) is 2.92. The van der Waals surface area contributed by atoms with Crippen molar-refractivity contribution in [3.05, 3.63) is 0 Å². The van der Waals surface area contributed by atoms with E-state index in [1.165, 1.54) is 12.8 Å². The summed E-state index contributed by atoms with van der Waals surface area (Å²) >= 11 is 1.86. The SMILES string of the molecule is CSCCC1(C#N)CCC(C)(C)CC1. The summed E-state index contributed by atoms with van der Waals surface area (Å²) in [7, 11) is 0. The van der Waals surface area contributed by atoms with Gasteiger partial charge in [-0.25, -0.2) is 0 Å². The molecule has 0 N–H and O–H groups in total. The molecule has 80 valence electrons. The Morgan fingerprint density at radius 2 is 1.79 bits per heavy atom. The molecule has 0 aromatic carbocycles. The Kier molecular flexibility index (Phi) is 3.89. The maximum atomic E-state index is 9.28. The van der Waals surface area contributed by atoms with Crippen molar-refractivity contribution in [2.75, 3.05) is 12.0 Å². The van der Waals surface area contributed by atoms with Crippen LogP contribution in [0.1, 0.15) is 46.0 Å². The number of hydrogen-bond acceptors (Lipinski definition) is 2. The van der Waals surface area contributed by atoms with Gasteiger partial charge < -0.3 is 0 Å². The van der Waals surface area contributed by atoms with Gasteiger partial charge >= 0.3 is 0 Å². The first-order valence-electron chi connectivity index (χ1n) is 5.44. The van der Waals surface area contributed by atoms with Crippen LogP contribution >= 0.6 is 11.8 Å². The predicted molar refractivity (Wildman–Crippen MR) is 63.3 cm³/mol. The molecule has 1 nitrogen and oxygen atoms in total. The van der Waals surface area contributed by atoms with Crippen molar-refractivity contribution in [2.24, 2.45) is 10.8 Å². The Labute approximate surface area is 92.3 Å². The fraction of sp³-hybridized carbons (Fsp3) is 0.917. The Morgan fingerprint density at radius 1 is 1.21 bits per heavy atom. The molecule has 0 atom stereocenters. The second kappa shape index (κ2) is 4.57. The Bertz CT molecular complexity index is 217. The number of rotatable bonds is 3. The standard InChI is InChI=1S/C12H21NS/c1-11(2)4-6-12(10-13,7-5-11)8-9-14-3/h4-9H2,1-3H3. The highest BCUT2D eigenvalue weighted by molar-refractivity contribution is 7.98. The van der Waals surface area contributed by atoms with Crippen molar-refractivity contribution in [2.45, 2.75) is 46.0 Å². The van der Waals surface area contributed by atoms with Gasteiger partial charge in [-0.05, 0) is 49.5 Å². The number of hydrogen-bond donors (Lipinski definition) is 0. The minimum Gasteiger partial charge on any atom is -0.198 e. The van der Waals surface area contributed by atoms with Crippen molar-refractivity contribution in [1.29, 1.82) is 5.26 Å². The Balaban J connectivity index is 2.54. The van der Waals surface area contributed by atoms with Crippen molar-refractivity contribution in [1.82, 2.24) is 0 Å². The number of nitriles is 1. The lowest BCUT2D eigenvalue weighted by atomic mass is 9.65. The Hall–Kier alpha value is -0.160. The molecule has 2 heteroatoms. The van der Waals surface area contributed by atoms with Crippen LogP contribution in [0.2, 0.25) is 0 Å². The van der Waals surface area contributed by atoms with E-state index in [2.05, 4.69) is 26.2 Å². The summed E-state index contributed by atoms with van der Waals surface area (Å²) in [5.41, 5.74) is 0.484. The third-order valence-electron chi connectivity index (χ3n) is 3.58. The van der Waals surface area contributed by atoms with Gasteiger partial charge in [-0.15, -0.1) is 0 Å². The average molecular weight is 211 g/mol. The van der Waals surface area contributed by atoms with E-state index in [1.807, 2.05) is 11.8 Å². The lowest BCUT2D eigenvalue weighted by molar-refractivity contribution is 0.143. The van der Waals surface area contributed by atoms with Crippen LogP contribution in [0.15, 0.2) is 0 Å². The summed E-state index contributed by atoms with van der Waals surface area (Å²) in [4.78, 5) is 0. The smallest absolute Gasteiger partial charge is 0.0690 e. The lowest BCUT2D eigenvalue weighted by Gasteiger charge is -2.39. The molecule has 1 rings (SSSR count). The van der Waals surface area contributed by atoms with Crippen molar-refractivity contribution < 1.29 is 0 Å². The molecule has 0 bridgehead atoms. The van der Waals surface area contributed by atoms with Gasteiger partial charge in [0.25, 0.3) is 0 Å². The summed E-state index contributed by atoms with van der Waals surface area (Å²) in [5, 5.41) is 9.28. The molecule has 0 saturated heterocycles. The molecule has 0 radical (unpaired) electrons. The summed E-state index contributed by atoms with van der Waals surface area (Å²) in [6.07, 6.45) is 7.86. The van der Waals surface area contributed by atoms with Crippen LogP contribution in [0.25, 0.3) is 0 Å². The molecule has 1 saturated carbocycles. The minimum absolute atomic E-state index is 0.0124. The highest BCUT2D eigenvalue weighted by Gasteiger charge is 2.37. The fourth-order valence-corrected chi connectivity index (χ4v) is 2.72. The van der Waals surface area contributed by atoms with E-state index >= 15 is 0 Å². The molecular weight excluding hydrogens is 190 g/mol. The molecule has 14 heavy (non-hydrogen) atoms. The van der Waals surface area contributed by atoms with Crippen molar-refractivity contribution in [3.63, 3.8) is 0 Å². The van der Waals surface area contributed by atoms with Gasteiger partial charge in [0.15, 0.2) is 0 Å². The zero-order valence-corrected chi connectivity index (χ0v) is 10.4. The monoisotopic (exact) mass is 211 g/mol. The normalized spacial score (nSPS) is 24.1. The molecule has 0 heterocycles. The topological polar surface area (TPSA) is 23.8 Å². The Morgan fingerprint density at radius 3 is 2.21 bits per heavy atom. The summed E-state index contributed by atoms with van der Waals surface area (Å²) < 4.78 is 0. The van der Waals surface area contributed by atoms with Gasteiger partial charge in [-0.1, -0.05) is 13.8 Å². The van der Waals surface area contributed by atoms with Crippen LogP contribution in [0.3, 0.4) is 0 Å². The first kappa shape index (κ1) is 11.9. The van der Waals surface area contributed by atoms with E-state index < -0.39 is 0 Å². The van der Waals surface area contributed by atoms with Crippen LogP contribution in [0, 0.1) is 22.2 Å². The zero-order chi connectivity index (χ0) is 10.7. The minimum atomic E-state index is 0.0124. The van der Waals surface area contributed by atoms with Gasteiger partial charge in [-0.2, -0.15) is 17.0 Å². The van der Waals surface area contributed by atoms with Crippen LogP contribution in [0.4, 0.5) is 0 Å². The van der Waals surface area contributed by atoms with E-state index in [0.29, 0.717) is 5.41 Å². The highest BCUT2D eigenvalue weighted by atomic mass is 32.2. The highest BCUT2D eigenvalue weighted by Crippen LogP contribution is 2.46. The average Bonchev–Trinajstić information content (AvgIpc) is 2.18. The first-order valence-corrected chi connectivity index (χ1v) is 6.83. The summed E-state index contributed by atoms with van der Waals surface area (Å²) in [6, 6.07) is 2.58. The maximum Gasteiger partial charge on any atom is 0.0690 e. The second-order valence-corrected chi connectivity index (χ2v) is 6.28. The molecule has 1 aliphatic carbocycles. The van der Waals surface area contributed by atoms with Crippen LogP contribution in [0.5, 0.6) is 0 Å². The molecule has 0 spiro atoms. The molecule has 0 aromatic heterocycles. The van der Waals surface area contributed by atoms with E-state index in [0.717, 1.165) is 25.0 Å². The van der Waals surface area contributed by atoms with Gasteiger partial charge in [0.2, 0.25) is 0 Å². The number of thioether (sulfide) groups is 1. The third-order valence-corrected chi connectivity index (χ3v) is 4.19. The van der Waals surface area contributed by atoms with Crippen LogP contribution in [-0.2, 0) is 0 Å². The van der Waals surface area contributed by atoms with E-state index in [-0.39, 0.29) is 5.41 Å². The molecular formula is C12H21NS. The van der Waals surface area contributed by atoms with Crippen LogP contribution < -0.4 is 0 Å². The van der Waals surface area contributed by atoms with Gasteiger partial charge in [0, 0.05) is 0 Å². The van der Waals surface area contributed by atoms with Crippen molar-refractivity contribution in [3.8, 4) is 6.07 Å². The van der Waals surface area contributed by atoms with E-state index in [1.54, 1.807) is 0 Å².